The minimum atomic E-state index is -0.0467. The van der Waals surface area contributed by atoms with Gasteiger partial charge >= 0.3 is 0 Å². The first-order chi connectivity index (χ1) is 15.1. The minimum Gasteiger partial charge on any atom is -0.493 e. The molecule has 1 aromatic heterocycles. The summed E-state index contributed by atoms with van der Waals surface area (Å²) < 4.78 is 10.8. The predicted molar refractivity (Wildman–Crippen MR) is 120 cm³/mol. The zero-order chi connectivity index (χ0) is 21.8. The average Bonchev–Trinajstić information content (AvgIpc) is 2.83. The lowest BCUT2D eigenvalue weighted by atomic mass is 10.1. The molecule has 0 spiro atoms. The van der Waals surface area contributed by atoms with Crippen molar-refractivity contribution in [2.45, 2.75) is 26.2 Å². The van der Waals surface area contributed by atoms with Crippen LogP contribution in [0.1, 0.15) is 35.3 Å². The fraction of sp³-hybridized carbons (Fsp3) is 0.522. The number of aryl methyl sites for hydroxylation is 1. The number of ether oxygens (including phenoxy) is 2. The minimum absolute atomic E-state index is 0.0467. The van der Waals surface area contributed by atoms with Gasteiger partial charge in [0.25, 0.3) is 5.91 Å². The van der Waals surface area contributed by atoms with E-state index in [0.717, 1.165) is 30.5 Å². The van der Waals surface area contributed by atoms with Crippen molar-refractivity contribution in [3.63, 3.8) is 0 Å². The molecule has 0 atom stereocenters. The zero-order valence-electron chi connectivity index (χ0n) is 18.6. The number of anilines is 2. The monoisotopic (exact) mass is 425 g/mol. The van der Waals surface area contributed by atoms with Crippen LogP contribution in [0, 0.1) is 6.92 Å². The maximum atomic E-state index is 13.1. The summed E-state index contributed by atoms with van der Waals surface area (Å²) in [6, 6.07) is 7.46. The number of piperazine rings is 1. The SMILES string of the molecule is COc1cccc(C(=O)N2CCN(c3nc(C)cc(N4CCCCC4)n3)CC2)c1OC. The standard InChI is InChI=1S/C23H31N5O3/c1-17-16-20(26-10-5-4-6-11-26)25-23(24-17)28-14-12-27(13-15-28)22(29)18-8-7-9-19(30-2)21(18)31-3/h7-9,16H,4-6,10-15H2,1-3H3. The fourth-order valence-electron chi connectivity index (χ4n) is 4.30. The average molecular weight is 426 g/mol. The van der Waals surface area contributed by atoms with Crippen molar-refractivity contribution in [3.8, 4) is 11.5 Å². The Hall–Kier alpha value is -3.03. The number of hydrogen-bond donors (Lipinski definition) is 0. The Kier molecular flexibility index (Phi) is 6.44. The molecular formula is C23H31N5O3. The van der Waals surface area contributed by atoms with Gasteiger partial charge in [-0.2, -0.15) is 4.98 Å². The molecule has 0 bridgehead atoms. The first-order valence-corrected chi connectivity index (χ1v) is 11.0. The van der Waals surface area contributed by atoms with E-state index < -0.39 is 0 Å². The molecule has 0 saturated carbocycles. The van der Waals surface area contributed by atoms with Crippen LogP contribution in [0.2, 0.25) is 0 Å². The number of methoxy groups -OCH3 is 2. The second kappa shape index (κ2) is 9.41. The van der Waals surface area contributed by atoms with Crippen LogP contribution in [-0.2, 0) is 0 Å². The van der Waals surface area contributed by atoms with E-state index in [4.69, 9.17) is 14.5 Å². The Morgan fingerprint density at radius 3 is 2.32 bits per heavy atom. The van der Waals surface area contributed by atoms with E-state index in [1.807, 2.05) is 17.9 Å². The van der Waals surface area contributed by atoms with Crippen molar-refractivity contribution in [2.24, 2.45) is 0 Å². The number of carbonyl (C=O) groups is 1. The van der Waals surface area contributed by atoms with E-state index in [-0.39, 0.29) is 5.91 Å². The summed E-state index contributed by atoms with van der Waals surface area (Å²) >= 11 is 0. The number of rotatable bonds is 5. The number of aromatic nitrogens is 2. The van der Waals surface area contributed by atoms with Crippen LogP contribution in [0.5, 0.6) is 11.5 Å². The van der Waals surface area contributed by atoms with Crippen molar-refractivity contribution >= 4 is 17.7 Å². The van der Waals surface area contributed by atoms with Crippen molar-refractivity contribution in [1.29, 1.82) is 0 Å². The van der Waals surface area contributed by atoms with Gasteiger partial charge in [0.05, 0.1) is 19.8 Å². The Morgan fingerprint density at radius 1 is 0.903 bits per heavy atom. The second-order valence-corrected chi connectivity index (χ2v) is 8.04. The highest BCUT2D eigenvalue weighted by molar-refractivity contribution is 5.98. The van der Waals surface area contributed by atoms with Gasteiger partial charge in [0.15, 0.2) is 11.5 Å². The summed E-state index contributed by atoms with van der Waals surface area (Å²) in [4.78, 5) is 29.1. The quantitative estimate of drug-likeness (QED) is 0.729. The third-order valence-corrected chi connectivity index (χ3v) is 5.99. The molecule has 0 aliphatic carbocycles. The van der Waals surface area contributed by atoms with E-state index >= 15 is 0 Å². The molecule has 1 aromatic carbocycles. The van der Waals surface area contributed by atoms with Crippen LogP contribution < -0.4 is 19.3 Å². The smallest absolute Gasteiger partial charge is 0.257 e. The van der Waals surface area contributed by atoms with Gasteiger partial charge in [-0.1, -0.05) is 6.07 Å². The molecule has 3 heterocycles. The third kappa shape index (κ3) is 4.52. The molecule has 2 aliphatic rings. The number of nitrogens with zero attached hydrogens (tertiary/aromatic N) is 5. The Morgan fingerprint density at radius 2 is 1.65 bits per heavy atom. The Balaban J connectivity index is 1.46. The number of hydrogen-bond acceptors (Lipinski definition) is 7. The van der Waals surface area contributed by atoms with Crippen molar-refractivity contribution in [3.05, 3.63) is 35.5 Å². The van der Waals surface area contributed by atoms with E-state index in [1.165, 1.54) is 19.3 Å². The van der Waals surface area contributed by atoms with E-state index in [1.54, 1.807) is 26.4 Å². The van der Waals surface area contributed by atoms with E-state index in [0.29, 0.717) is 43.2 Å². The highest BCUT2D eigenvalue weighted by atomic mass is 16.5. The van der Waals surface area contributed by atoms with Crippen LogP contribution in [0.4, 0.5) is 11.8 Å². The summed E-state index contributed by atoms with van der Waals surface area (Å²) in [6.07, 6.45) is 3.72. The molecule has 0 radical (unpaired) electrons. The van der Waals surface area contributed by atoms with Gasteiger partial charge in [0, 0.05) is 51.0 Å². The van der Waals surface area contributed by atoms with Gasteiger partial charge in [-0.25, -0.2) is 4.98 Å². The fourth-order valence-corrected chi connectivity index (χ4v) is 4.30. The van der Waals surface area contributed by atoms with Crippen LogP contribution in [0.15, 0.2) is 24.3 Å². The summed E-state index contributed by atoms with van der Waals surface area (Å²) in [5, 5.41) is 0. The lowest BCUT2D eigenvalue weighted by Crippen LogP contribution is -2.49. The number of carbonyl (C=O) groups excluding carboxylic acids is 1. The van der Waals surface area contributed by atoms with E-state index in [9.17, 15) is 4.79 Å². The zero-order valence-corrected chi connectivity index (χ0v) is 18.6. The van der Waals surface area contributed by atoms with Crippen LogP contribution in [0.3, 0.4) is 0 Å². The van der Waals surface area contributed by atoms with Gasteiger partial charge in [-0.05, 0) is 38.3 Å². The molecule has 0 N–H and O–H groups in total. The Bertz CT molecular complexity index is 921. The number of amides is 1. The molecule has 0 unspecified atom stereocenters. The van der Waals surface area contributed by atoms with Crippen molar-refractivity contribution in [1.82, 2.24) is 14.9 Å². The van der Waals surface area contributed by atoms with Crippen molar-refractivity contribution < 1.29 is 14.3 Å². The molecular weight excluding hydrogens is 394 g/mol. The molecule has 2 saturated heterocycles. The summed E-state index contributed by atoms with van der Waals surface area (Å²) in [5.41, 5.74) is 1.50. The molecule has 2 fully saturated rings. The van der Waals surface area contributed by atoms with Gasteiger partial charge in [0.2, 0.25) is 5.95 Å². The lowest BCUT2D eigenvalue weighted by Gasteiger charge is -2.36. The summed E-state index contributed by atoms with van der Waals surface area (Å²) in [6.45, 7) is 6.74. The largest absolute Gasteiger partial charge is 0.493 e. The van der Waals surface area contributed by atoms with Gasteiger partial charge in [-0.3, -0.25) is 4.79 Å². The number of benzene rings is 1. The highest BCUT2D eigenvalue weighted by Gasteiger charge is 2.27. The number of para-hydroxylation sites is 1. The normalized spacial score (nSPS) is 16.9. The molecule has 1 amide bonds. The molecule has 2 aliphatic heterocycles. The number of piperidine rings is 1. The third-order valence-electron chi connectivity index (χ3n) is 5.99. The second-order valence-electron chi connectivity index (χ2n) is 8.04. The van der Waals surface area contributed by atoms with Gasteiger partial charge < -0.3 is 24.2 Å². The molecule has 2 aromatic rings. The molecule has 8 heteroatoms. The molecule has 4 rings (SSSR count). The first kappa shape index (κ1) is 21.2. The van der Waals surface area contributed by atoms with Crippen LogP contribution in [-0.4, -0.2) is 74.3 Å². The molecule has 8 nitrogen and oxygen atoms in total. The van der Waals surface area contributed by atoms with Crippen LogP contribution in [0.25, 0.3) is 0 Å². The predicted octanol–water partition coefficient (Wildman–Crippen LogP) is 2.75. The highest BCUT2D eigenvalue weighted by Crippen LogP contribution is 2.32. The molecule has 166 valence electrons. The van der Waals surface area contributed by atoms with Crippen LogP contribution >= 0.6 is 0 Å². The lowest BCUT2D eigenvalue weighted by molar-refractivity contribution is 0.0742. The maximum Gasteiger partial charge on any atom is 0.257 e. The van der Waals surface area contributed by atoms with E-state index in [2.05, 4.69) is 20.9 Å². The van der Waals surface area contributed by atoms with Gasteiger partial charge in [-0.15, -0.1) is 0 Å². The maximum absolute atomic E-state index is 13.1. The summed E-state index contributed by atoms with van der Waals surface area (Å²) in [5.74, 6) is 2.76. The topological polar surface area (TPSA) is 71.0 Å². The van der Waals surface area contributed by atoms with Crippen molar-refractivity contribution in [2.75, 3.05) is 63.3 Å². The summed E-state index contributed by atoms with van der Waals surface area (Å²) in [7, 11) is 3.13. The first-order valence-electron chi connectivity index (χ1n) is 11.0. The molecule has 31 heavy (non-hydrogen) atoms. The Labute approximate surface area is 183 Å². The van der Waals surface area contributed by atoms with Gasteiger partial charge in [0.1, 0.15) is 5.82 Å².